The number of carbonyl (C=O) groups excluding carboxylic acids is 2. The number of aryl methyl sites for hydroxylation is 3. The SMILES string of the molecule is Cc1ccc(-c2ccc(CC3(C(N)=O)CCCN(C(=O)CCn4nccc4C)C3)cc2)cc1. The van der Waals surface area contributed by atoms with Crippen LogP contribution in [0.4, 0.5) is 0 Å². The van der Waals surface area contributed by atoms with Crippen molar-refractivity contribution in [2.24, 2.45) is 11.1 Å². The van der Waals surface area contributed by atoms with E-state index in [9.17, 15) is 9.59 Å². The van der Waals surface area contributed by atoms with Crippen molar-refractivity contribution < 1.29 is 9.59 Å². The first kappa shape index (κ1) is 22.8. The third-order valence-electron chi connectivity index (χ3n) is 6.80. The predicted octanol–water partition coefficient (Wildman–Crippen LogP) is 3.89. The number of piperidine rings is 1. The van der Waals surface area contributed by atoms with Crippen molar-refractivity contribution in [2.75, 3.05) is 13.1 Å². The van der Waals surface area contributed by atoms with Gasteiger partial charge in [0.05, 0.1) is 5.41 Å². The lowest BCUT2D eigenvalue weighted by atomic mass is 9.74. The first-order valence-corrected chi connectivity index (χ1v) is 11.6. The van der Waals surface area contributed by atoms with E-state index in [-0.39, 0.29) is 11.8 Å². The summed E-state index contributed by atoms with van der Waals surface area (Å²) < 4.78 is 1.83. The van der Waals surface area contributed by atoms with Crippen LogP contribution in [0, 0.1) is 19.3 Å². The second kappa shape index (κ2) is 9.61. The lowest BCUT2D eigenvalue weighted by molar-refractivity contribution is -0.140. The maximum atomic E-state index is 12.9. The van der Waals surface area contributed by atoms with Crippen molar-refractivity contribution in [2.45, 2.75) is 46.1 Å². The van der Waals surface area contributed by atoms with Crippen LogP contribution < -0.4 is 5.73 Å². The molecule has 1 aromatic heterocycles. The van der Waals surface area contributed by atoms with Crippen LogP contribution in [0.1, 0.15) is 36.1 Å². The predicted molar refractivity (Wildman–Crippen MR) is 129 cm³/mol. The first-order chi connectivity index (χ1) is 15.9. The number of rotatable bonds is 7. The molecule has 3 aromatic rings. The number of aromatic nitrogens is 2. The van der Waals surface area contributed by atoms with Gasteiger partial charge < -0.3 is 10.6 Å². The van der Waals surface area contributed by atoms with Crippen molar-refractivity contribution in [3.8, 4) is 11.1 Å². The van der Waals surface area contributed by atoms with Crippen molar-refractivity contribution in [1.82, 2.24) is 14.7 Å². The van der Waals surface area contributed by atoms with Crippen LogP contribution in [0.5, 0.6) is 0 Å². The third kappa shape index (κ3) is 5.16. The Morgan fingerprint density at radius 1 is 1.00 bits per heavy atom. The monoisotopic (exact) mass is 444 g/mol. The van der Waals surface area contributed by atoms with E-state index in [4.69, 9.17) is 5.73 Å². The highest BCUT2D eigenvalue weighted by Crippen LogP contribution is 2.34. The minimum absolute atomic E-state index is 0.0462. The molecule has 0 bridgehead atoms. The summed E-state index contributed by atoms with van der Waals surface area (Å²) in [6, 6.07) is 18.7. The van der Waals surface area contributed by atoms with Crippen LogP contribution in [-0.4, -0.2) is 39.6 Å². The van der Waals surface area contributed by atoms with Crippen molar-refractivity contribution >= 4 is 11.8 Å². The molecule has 0 saturated carbocycles. The van der Waals surface area contributed by atoms with Gasteiger partial charge in [-0.2, -0.15) is 5.10 Å². The highest BCUT2D eigenvalue weighted by molar-refractivity contribution is 5.83. The smallest absolute Gasteiger partial charge is 0.225 e. The number of nitrogens with two attached hydrogens (primary N) is 1. The second-order valence-electron chi connectivity index (χ2n) is 9.25. The molecule has 33 heavy (non-hydrogen) atoms. The molecule has 1 saturated heterocycles. The molecule has 2 N–H and O–H groups in total. The first-order valence-electron chi connectivity index (χ1n) is 11.6. The zero-order chi connectivity index (χ0) is 23.4. The molecule has 172 valence electrons. The van der Waals surface area contributed by atoms with E-state index in [2.05, 4.69) is 60.6 Å². The van der Waals surface area contributed by atoms with E-state index in [0.29, 0.717) is 38.9 Å². The average Bonchev–Trinajstić information content (AvgIpc) is 3.23. The highest BCUT2D eigenvalue weighted by Gasteiger charge is 2.42. The summed E-state index contributed by atoms with van der Waals surface area (Å²) in [6.07, 6.45) is 4.12. The molecule has 0 aliphatic carbocycles. The molecule has 1 fully saturated rings. The Balaban J connectivity index is 1.45. The summed E-state index contributed by atoms with van der Waals surface area (Å²) >= 11 is 0. The molecule has 2 amide bonds. The molecule has 1 atom stereocenters. The Labute approximate surface area is 195 Å². The van der Waals surface area contributed by atoms with Gasteiger partial charge >= 0.3 is 0 Å². The average molecular weight is 445 g/mol. The number of benzene rings is 2. The van der Waals surface area contributed by atoms with Gasteiger partial charge in [-0.15, -0.1) is 0 Å². The summed E-state index contributed by atoms with van der Waals surface area (Å²) in [5, 5.41) is 4.25. The Hall–Kier alpha value is -3.41. The summed E-state index contributed by atoms with van der Waals surface area (Å²) in [7, 11) is 0. The standard InChI is InChI=1S/C27H32N4O2/c1-20-4-8-23(9-5-20)24-10-6-22(7-11-24)18-27(26(28)33)14-3-16-30(19-27)25(32)13-17-31-21(2)12-15-29-31/h4-12,15H,3,13-14,16-19H2,1-2H3,(H2,28,33). The number of likely N-dealkylation sites (tertiary alicyclic amines) is 1. The van der Waals surface area contributed by atoms with E-state index in [1.54, 1.807) is 6.20 Å². The van der Waals surface area contributed by atoms with Crippen molar-refractivity contribution in [3.05, 3.63) is 77.6 Å². The minimum atomic E-state index is -0.735. The number of amides is 2. The molecule has 0 spiro atoms. The van der Waals surface area contributed by atoms with Gasteiger partial charge in [0.15, 0.2) is 0 Å². The molecule has 4 rings (SSSR count). The van der Waals surface area contributed by atoms with Crippen molar-refractivity contribution in [1.29, 1.82) is 0 Å². The normalized spacial score (nSPS) is 18.3. The second-order valence-corrected chi connectivity index (χ2v) is 9.25. The van der Waals surface area contributed by atoms with E-state index in [1.165, 1.54) is 11.1 Å². The van der Waals surface area contributed by atoms with E-state index < -0.39 is 5.41 Å². The molecule has 2 aromatic carbocycles. The summed E-state index contributed by atoms with van der Waals surface area (Å²) in [5.74, 6) is -0.282. The lowest BCUT2D eigenvalue weighted by Crippen LogP contribution is -2.53. The Bertz CT molecular complexity index is 1120. The fourth-order valence-electron chi connectivity index (χ4n) is 4.72. The number of carbonyl (C=O) groups is 2. The van der Waals surface area contributed by atoms with Gasteiger partial charge in [0.25, 0.3) is 0 Å². The van der Waals surface area contributed by atoms with Gasteiger partial charge in [0, 0.05) is 37.9 Å². The van der Waals surface area contributed by atoms with Crippen LogP contribution in [0.3, 0.4) is 0 Å². The topological polar surface area (TPSA) is 81.2 Å². The lowest BCUT2D eigenvalue weighted by Gasteiger charge is -2.41. The minimum Gasteiger partial charge on any atom is -0.369 e. The van der Waals surface area contributed by atoms with Crippen LogP contribution in [0.25, 0.3) is 11.1 Å². The molecule has 0 radical (unpaired) electrons. The Morgan fingerprint density at radius 3 is 2.27 bits per heavy atom. The quantitative estimate of drug-likeness (QED) is 0.600. The molecule has 6 heteroatoms. The van der Waals surface area contributed by atoms with Crippen LogP contribution >= 0.6 is 0 Å². The summed E-state index contributed by atoms with van der Waals surface area (Å²) in [4.78, 5) is 27.4. The Morgan fingerprint density at radius 2 is 1.67 bits per heavy atom. The van der Waals surface area contributed by atoms with Gasteiger partial charge in [0.1, 0.15) is 0 Å². The van der Waals surface area contributed by atoms with Gasteiger partial charge in [-0.25, -0.2) is 0 Å². The number of hydrogen-bond donors (Lipinski definition) is 1. The zero-order valence-corrected chi connectivity index (χ0v) is 19.5. The largest absolute Gasteiger partial charge is 0.369 e. The number of nitrogens with zero attached hydrogens (tertiary/aromatic N) is 3. The summed E-state index contributed by atoms with van der Waals surface area (Å²) in [5.41, 5.74) is 10.8. The van der Waals surface area contributed by atoms with E-state index >= 15 is 0 Å². The van der Waals surface area contributed by atoms with Crippen LogP contribution in [0.2, 0.25) is 0 Å². The fraction of sp³-hybridized carbons (Fsp3) is 0.370. The van der Waals surface area contributed by atoms with Gasteiger partial charge in [0.2, 0.25) is 11.8 Å². The maximum Gasteiger partial charge on any atom is 0.225 e. The van der Waals surface area contributed by atoms with Crippen LogP contribution in [0.15, 0.2) is 60.8 Å². The van der Waals surface area contributed by atoms with Gasteiger partial charge in [-0.3, -0.25) is 14.3 Å². The number of hydrogen-bond acceptors (Lipinski definition) is 3. The molecule has 6 nitrogen and oxygen atoms in total. The van der Waals surface area contributed by atoms with Gasteiger partial charge in [-0.05, 0) is 55.9 Å². The van der Waals surface area contributed by atoms with E-state index in [0.717, 1.165) is 23.2 Å². The van der Waals surface area contributed by atoms with Gasteiger partial charge in [-0.1, -0.05) is 54.1 Å². The fourth-order valence-corrected chi connectivity index (χ4v) is 4.72. The molecule has 1 aliphatic heterocycles. The van der Waals surface area contributed by atoms with E-state index in [1.807, 2.05) is 22.6 Å². The molecule has 1 unspecified atom stereocenters. The zero-order valence-electron chi connectivity index (χ0n) is 19.5. The molecule has 2 heterocycles. The van der Waals surface area contributed by atoms with Crippen molar-refractivity contribution in [3.63, 3.8) is 0 Å². The molecular weight excluding hydrogens is 412 g/mol. The maximum absolute atomic E-state index is 12.9. The Kier molecular flexibility index (Phi) is 6.63. The summed E-state index contributed by atoms with van der Waals surface area (Å²) in [6.45, 7) is 5.63. The molecule has 1 aliphatic rings. The third-order valence-corrected chi connectivity index (χ3v) is 6.80. The van der Waals surface area contributed by atoms with Crippen LogP contribution in [-0.2, 0) is 22.6 Å². The highest BCUT2D eigenvalue weighted by atomic mass is 16.2. The molecular formula is C27H32N4O2. The number of primary amides is 1.